The van der Waals surface area contributed by atoms with E-state index in [1.807, 2.05) is 0 Å². The highest BCUT2D eigenvalue weighted by Gasteiger charge is 2.25. The first kappa shape index (κ1) is 9.84. The zero-order chi connectivity index (χ0) is 8.04. The summed E-state index contributed by atoms with van der Waals surface area (Å²) < 4.78 is 10.1. The molecular formula is C6H16N2O2. The summed E-state index contributed by atoms with van der Waals surface area (Å²) >= 11 is 0. The average Bonchev–Trinajstić information content (AvgIpc) is 2.01. The van der Waals surface area contributed by atoms with Crippen molar-refractivity contribution in [2.45, 2.75) is 12.2 Å². The molecule has 0 radical (unpaired) electrons. The van der Waals surface area contributed by atoms with Gasteiger partial charge < -0.3 is 20.9 Å². The molecular weight excluding hydrogens is 132 g/mol. The van der Waals surface area contributed by atoms with E-state index in [0.29, 0.717) is 19.5 Å². The summed E-state index contributed by atoms with van der Waals surface area (Å²) in [4.78, 5) is 0. The van der Waals surface area contributed by atoms with Crippen molar-refractivity contribution in [2.24, 2.45) is 11.5 Å². The molecule has 0 atom stereocenters. The maximum atomic E-state index is 5.41. The van der Waals surface area contributed by atoms with Crippen molar-refractivity contribution in [1.82, 2.24) is 0 Å². The fourth-order valence-corrected chi connectivity index (χ4v) is 0.776. The third-order valence-corrected chi connectivity index (χ3v) is 1.58. The van der Waals surface area contributed by atoms with Crippen molar-refractivity contribution >= 4 is 0 Å². The van der Waals surface area contributed by atoms with Crippen molar-refractivity contribution in [1.29, 1.82) is 0 Å². The van der Waals surface area contributed by atoms with Gasteiger partial charge in [0.1, 0.15) is 0 Å². The normalized spacial score (nSPS) is 12.0. The largest absolute Gasteiger partial charge is 0.352 e. The minimum atomic E-state index is -0.672. The number of hydrogen-bond acceptors (Lipinski definition) is 4. The third-order valence-electron chi connectivity index (χ3n) is 1.58. The Bertz CT molecular complexity index is 75.6. The first-order valence-corrected chi connectivity index (χ1v) is 3.25. The molecule has 0 saturated carbocycles. The maximum Gasteiger partial charge on any atom is 0.181 e. The molecule has 0 fully saturated rings. The number of hydrogen-bond donors (Lipinski definition) is 2. The highest BCUT2D eigenvalue weighted by atomic mass is 16.7. The molecule has 0 heterocycles. The van der Waals surface area contributed by atoms with Crippen LogP contribution < -0.4 is 11.5 Å². The summed E-state index contributed by atoms with van der Waals surface area (Å²) in [5.74, 6) is -0.672. The summed E-state index contributed by atoms with van der Waals surface area (Å²) in [5, 5.41) is 0. The second-order valence-corrected chi connectivity index (χ2v) is 2.06. The van der Waals surface area contributed by atoms with Gasteiger partial charge in [0.15, 0.2) is 5.79 Å². The predicted molar refractivity (Wildman–Crippen MR) is 39.5 cm³/mol. The van der Waals surface area contributed by atoms with Crippen LogP contribution in [0.25, 0.3) is 0 Å². The van der Waals surface area contributed by atoms with Crippen LogP contribution in [0.1, 0.15) is 6.42 Å². The van der Waals surface area contributed by atoms with E-state index in [9.17, 15) is 0 Å². The van der Waals surface area contributed by atoms with Gasteiger partial charge in [-0.25, -0.2) is 0 Å². The monoisotopic (exact) mass is 148 g/mol. The number of nitrogens with two attached hydrogens (primary N) is 2. The molecule has 0 aromatic heterocycles. The van der Waals surface area contributed by atoms with Gasteiger partial charge in [0, 0.05) is 27.2 Å². The number of ether oxygens (including phenoxy) is 2. The van der Waals surface area contributed by atoms with Gasteiger partial charge >= 0.3 is 0 Å². The Morgan fingerprint density at radius 2 is 1.70 bits per heavy atom. The standard InChI is InChI=1S/C6H16N2O2/c1-9-6(5-8,10-2)3-4-7/h3-5,7-8H2,1-2H3. The average molecular weight is 148 g/mol. The fraction of sp³-hybridized carbons (Fsp3) is 1.00. The van der Waals surface area contributed by atoms with Crippen molar-refractivity contribution in [3.8, 4) is 0 Å². The molecule has 0 bridgehead atoms. The second-order valence-electron chi connectivity index (χ2n) is 2.06. The zero-order valence-corrected chi connectivity index (χ0v) is 6.59. The van der Waals surface area contributed by atoms with E-state index in [1.165, 1.54) is 0 Å². The molecule has 0 aromatic carbocycles. The van der Waals surface area contributed by atoms with Gasteiger partial charge in [-0.05, 0) is 6.54 Å². The molecule has 10 heavy (non-hydrogen) atoms. The van der Waals surface area contributed by atoms with Crippen LogP contribution in [-0.2, 0) is 9.47 Å². The Kier molecular flexibility index (Phi) is 4.55. The van der Waals surface area contributed by atoms with E-state index in [1.54, 1.807) is 14.2 Å². The highest BCUT2D eigenvalue weighted by molar-refractivity contribution is 4.69. The highest BCUT2D eigenvalue weighted by Crippen LogP contribution is 2.12. The minimum absolute atomic E-state index is 0.331. The molecule has 0 spiro atoms. The number of rotatable bonds is 5. The van der Waals surface area contributed by atoms with Gasteiger partial charge in [0.25, 0.3) is 0 Å². The van der Waals surface area contributed by atoms with Crippen LogP contribution in [0, 0.1) is 0 Å². The van der Waals surface area contributed by atoms with Gasteiger partial charge in [-0.1, -0.05) is 0 Å². The zero-order valence-electron chi connectivity index (χ0n) is 6.59. The van der Waals surface area contributed by atoms with Gasteiger partial charge in [-0.2, -0.15) is 0 Å². The van der Waals surface area contributed by atoms with Crippen molar-refractivity contribution in [3.05, 3.63) is 0 Å². The summed E-state index contributed by atoms with van der Waals surface area (Å²) in [7, 11) is 3.12. The van der Waals surface area contributed by atoms with E-state index in [0.717, 1.165) is 0 Å². The summed E-state index contributed by atoms with van der Waals surface area (Å²) in [6.45, 7) is 0.843. The van der Waals surface area contributed by atoms with Gasteiger partial charge in [0.2, 0.25) is 0 Å². The predicted octanol–water partition coefficient (Wildman–Crippen LogP) is -0.717. The van der Waals surface area contributed by atoms with Crippen molar-refractivity contribution in [3.63, 3.8) is 0 Å². The molecule has 4 nitrogen and oxygen atoms in total. The third kappa shape index (κ3) is 2.22. The van der Waals surface area contributed by atoms with Crippen LogP contribution >= 0.6 is 0 Å². The molecule has 0 rings (SSSR count). The Hall–Kier alpha value is -0.160. The topological polar surface area (TPSA) is 70.5 Å². The van der Waals surface area contributed by atoms with E-state index >= 15 is 0 Å². The van der Waals surface area contributed by atoms with Crippen LogP contribution in [-0.4, -0.2) is 33.1 Å². The smallest absolute Gasteiger partial charge is 0.181 e. The minimum Gasteiger partial charge on any atom is -0.352 e. The van der Waals surface area contributed by atoms with E-state index < -0.39 is 5.79 Å². The van der Waals surface area contributed by atoms with Gasteiger partial charge in [-0.3, -0.25) is 0 Å². The molecule has 0 saturated heterocycles. The first-order chi connectivity index (χ1) is 4.74. The van der Waals surface area contributed by atoms with Crippen LogP contribution in [0.2, 0.25) is 0 Å². The molecule has 4 N–H and O–H groups in total. The lowest BCUT2D eigenvalue weighted by Gasteiger charge is -2.28. The van der Waals surface area contributed by atoms with Crippen LogP contribution in [0.5, 0.6) is 0 Å². The summed E-state index contributed by atoms with van der Waals surface area (Å²) in [6, 6.07) is 0. The Balaban J connectivity index is 3.87. The lowest BCUT2D eigenvalue weighted by Crippen LogP contribution is -2.43. The van der Waals surface area contributed by atoms with Gasteiger partial charge in [-0.15, -0.1) is 0 Å². The molecule has 62 valence electrons. The SMILES string of the molecule is COC(CN)(CCN)OC. The molecule has 0 aliphatic rings. The molecule has 0 unspecified atom stereocenters. The first-order valence-electron chi connectivity index (χ1n) is 3.25. The van der Waals surface area contributed by atoms with E-state index in [-0.39, 0.29) is 0 Å². The van der Waals surface area contributed by atoms with Crippen LogP contribution in [0.3, 0.4) is 0 Å². The lowest BCUT2D eigenvalue weighted by atomic mass is 10.2. The number of methoxy groups -OCH3 is 2. The Morgan fingerprint density at radius 3 is 1.80 bits per heavy atom. The van der Waals surface area contributed by atoms with Gasteiger partial charge in [0.05, 0.1) is 0 Å². The van der Waals surface area contributed by atoms with E-state index in [4.69, 9.17) is 20.9 Å². The van der Waals surface area contributed by atoms with E-state index in [2.05, 4.69) is 0 Å². The van der Waals surface area contributed by atoms with Crippen LogP contribution in [0.15, 0.2) is 0 Å². The molecule has 0 aromatic rings. The molecule has 0 aliphatic carbocycles. The fourth-order valence-electron chi connectivity index (χ4n) is 0.776. The van der Waals surface area contributed by atoms with Crippen molar-refractivity contribution < 1.29 is 9.47 Å². The summed E-state index contributed by atoms with van der Waals surface area (Å²) in [6.07, 6.45) is 0.622. The lowest BCUT2D eigenvalue weighted by molar-refractivity contribution is -0.201. The van der Waals surface area contributed by atoms with Crippen LogP contribution in [0.4, 0.5) is 0 Å². The molecule has 4 heteroatoms. The second kappa shape index (κ2) is 4.62. The molecule has 0 amide bonds. The quantitative estimate of drug-likeness (QED) is 0.505. The summed E-state index contributed by atoms with van der Waals surface area (Å²) in [5.41, 5.74) is 10.7. The molecule has 0 aliphatic heterocycles. The Morgan fingerprint density at radius 1 is 1.20 bits per heavy atom. The Labute approximate surface area is 61.5 Å². The van der Waals surface area contributed by atoms with Crippen molar-refractivity contribution in [2.75, 3.05) is 27.3 Å². The maximum absolute atomic E-state index is 5.41.